The number of anilines is 1. The van der Waals surface area contributed by atoms with Crippen LogP contribution in [0.15, 0.2) is 48.5 Å². The molecule has 0 spiro atoms. The third kappa shape index (κ3) is 6.63. The van der Waals surface area contributed by atoms with Gasteiger partial charge in [0.1, 0.15) is 0 Å². The van der Waals surface area contributed by atoms with Crippen molar-refractivity contribution in [2.24, 2.45) is 0 Å². The van der Waals surface area contributed by atoms with Gasteiger partial charge >= 0.3 is 0 Å². The van der Waals surface area contributed by atoms with Crippen molar-refractivity contribution in [2.45, 2.75) is 19.8 Å². The summed E-state index contributed by atoms with van der Waals surface area (Å²) < 4.78 is 5.29. The quantitative estimate of drug-likeness (QED) is 0.497. The average Bonchev–Trinajstić information content (AvgIpc) is 2.79. The molecule has 6 nitrogen and oxygen atoms in total. The van der Waals surface area contributed by atoms with Gasteiger partial charge in [-0.05, 0) is 53.5 Å². The molecular formula is C24H26ClN3O3S. The van der Waals surface area contributed by atoms with Crippen LogP contribution >= 0.6 is 23.8 Å². The van der Waals surface area contributed by atoms with Crippen LogP contribution in [-0.4, -0.2) is 48.1 Å². The molecule has 8 heteroatoms. The smallest absolute Gasteiger partial charge is 0.254 e. The Bertz CT molecular complexity index is 1020. The number of benzene rings is 2. The van der Waals surface area contributed by atoms with Crippen LogP contribution < -0.4 is 10.6 Å². The molecule has 168 valence electrons. The summed E-state index contributed by atoms with van der Waals surface area (Å²) in [6.07, 6.45) is 3.13. The molecule has 2 amide bonds. The van der Waals surface area contributed by atoms with Crippen molar-refractivity contribution >= 4 is 52.5 Å². The minimum atomic E-state index is -0.368. The van der Waals surface area contributed by atoms with Crippen LogP contribution in [0.4, 0.5) is 5.69 Å². The number of hydrogen-bond acceptors (Lipinski definition) is 4. The van der Waals surface area contributed by atoms with E-state index in [9.17, 15) is 9.59 Å². The summed E-state index contributed by atoms with van der Waals surface area (Å²) in [6, 6.07) is 12.9. The Hall–Kier alpha value is -2.74. The summed E-state index contributed by atoms with van der Waals surface area (Å²) in [5.41, 5.74) is 3.09. The Morgan fingerprint density at radius 3 is 2.47 bits per heavy atom. The molecule has 2 aromatic carbocycles. The molecule has 0 saturated carbocycles. The van der Waals surface area contributed by atoms with Gasteiger partial charge in [0, 0.05) is 24.7 Å². The highest BCUT2D eigenvalue weighted by Crippen LogP contribution is 2.24. The number of nitrogens with zero attached hydrogens (tertiary/aromatic N) is 1. The van der Waals surface area contributed by atoms with E-state index in [0.717, 1.165) is 5.56 Å². The highest BCUT2D eigenvalue weighted by molar-refractivity contribution is 7.80. The minimum absolute atomic E-state index is 0.0904. The second-order valence-electron chi connectivity index (χ2n) is 7.70. The number of amides is 2. The standard InChI is InChI=1S/C24H26ClN3O3S/c1-16(2)18-6-3-17(4-7-18)5-10-22(29)27-24(32)26-21-15-19(8-9-20(21)25)23(30)28-11-13-31-14-12-28/h3-10,15-16H,11-14H2,1-2H3,(H2,26,27,29,32)/b10-5+. The number of nitrogens with one attached hydrogen (secondary N) is 2. The lowest BCUT2D eigenvalue weighted by Gasteiger charge is -2.27. The van der Waals surface area contributed by atoms with Crippen LogP contribution in [-0.2, 0) is 9.53 Å². The van der Waals surface area contributed by atoms with Crippen LogP contribution in [0.1, 0.15) is 41.3 Å². The lowest BCUT2D eigenvalue weighted by Crippen LogP contribution is -2.40. The van der Waals surface area contributed by atoms with Crippen molar-refractivity contribution in [1.29, 1.82) is 0 Å². The molecule has 1 aliphatic rings. The molecule has 1 aliphatic heterocycles. The molecule has 1 saturated heterocycles. The average molecular weight is 472 g/mol. The molecule has 3 rings (SSSR count). The van der Waals surface area contributed by atoms with E-state index in [0.29, 0.717) is 48.5 Å². The van der Waals surface area contributed by atoms with Crippen LogP contribution in [0, 0.1) is 0 Å². The molecule has 2 N–H and O–H groups in total. The Morgan fingerprint density at radius 1 is 1.12 bits per heavy atom. The lowest BCUT2D eigenvalue weighted by atomic mass is 10.0. The minimum Gasteiger partial charge on any atom is -0.378 e. The lowest BCUT2D eigenvalue weighted by molar-refractivity contribution is -0.115. The molecule has 2 aromatic rings. The zero-order chi connectivity index (χ0) is 23.1. The van der Waals surface area contributed by atoms with Gasteiger partial charge in [-0.25, -0.2) is 0 Å². The molecule has 1 heterocycles. The van der Waals surface area contributed by atoms with E-state index in [1.807, 2.05) is 24.3 Å². The first-order valence-corrected chi connectivity index (χ1v) is 11.2. The number of ether oxygens (including phenoxy) is 1. The maximum absolute atomic E-state index is 12.7. The normalized spacial score (nSPS) is 13.9. The van der Waals surface area contributed by atoms with E-state index in [1.165, 1.54) is 11.6 Å². The van der Waals surface area contributed by atoms with Gasteiger partial charge in [-0.15, -0.1) is 0 Å². The summed E-state index contributed by atoms with van der Waals surface area (Å²) in [6.45, 7) is 6.40. The van der Waals surface area contributed by atoms with Crippen molar-refractivity contribution < 1.29 is 14.3 Å². The predicted molar refractivity (Wildman–Crippen MR) is 132 cm³/mol. The van der Waals surface area contributed by atoms with E-state index in [-0.39, 0.29) is 16.9 Å². The topological polar surface area (TPSA) is 70.7 Å². The first-order chi connectivity index (χ1) is 15.3. The van der Waals surface area contributed by atoms with Gasteiger partial charge in [-0.2, -0.15) is 0 Å². The number of carbonyl (C=O) groups excluding carboxylic acids is 2. The van der Waals surface area contributed by atoms with E-state index >= 15 is 0 Å². The van der Waals surface area contributed by atoms with Crippen molar-refractivity contribution in [3.63, 3.8) is 0 Å². The first kappa shape index (κ1) is 23.9. The van der Waals surface area contributed by atoms with Crippen molar-refractivity contribution in [3.05, 3.63) is 70.3 Å². The van der Waals surface area contributed by atoms with Crippen molar-refractivity contribution in [2.75, 3.05) is 31.6 Å². The van der Waals surface area contributed by atoms with Gasteiger partial charge in [0.25, 0.3) is 5.91 Å². The number of carbonyl (C=O) groups is 2. The SMILES string of the molecule is CC(C)c1ccc(/C=C/C(=O)NC(=S)Nc2cc(C(=O)N3CCOCC3)ccc2Cl)cc1. The van der Waals surface area contributed by atoms with Crippen LogP contribution in [0.3, 0.4) is 0 Å². The Labute approximate surface area is 198 Å². The zero-order valence-electron chi connectivity index (χ0n) is 18.1. The Kier molecular flexibility index (Phi) is 8.39. The second-order valence-corrected chi connectivity index (χ2v) is 8.51. The number of morpholine rings is 1. The molecular weight excluding hydrogens is 446 g/mol. The fraction of sp³-hybridized carbons (Fsp3) is 0.292. The molecule has 0 radical (unpaired) electrons. The first-order valence-electron chi connectivity index (χ1n) is 10.4. The van der Waals surface area contributed by atoms with Gasteiger partial charge in [-0.3, -0.25) is 14.9 Å². The second kappa shape index (κ2) is 11.2. The monoisotopic (exact) mass is 471 g/mol. The van der Waals surface area contributed by atoms with Gasteiger partial charge in [0.2, 0.25) is 5.91 Å². The van der Waals surface area contributed by atoms with Crippen LogP contribution in [0.5, 0.6) is 0 Å². The molecule has 0 aromatic heterocycles. The van der Waals surface area contributed by atoms with Crippen molar-refractivity contribution in [1.82, 2.24) is 10.2 Å². The molecule has 0 atom stereocenters. The number of rotatable bonds is 5. The summed E-state index contributed by atoms with van der Waals surface area (Å²) in [5, 5.41) is 5.97. The maximum Gasteiger partial charge on any atom is 0.254 e. The number of halogens is 1. The van der Waals surface area contributed by atoms with Gasteiger partial charge < -0.3 is 15.0 Å². The van der Waals surface area contributed by atoms with E-state index < -0.39 is 0 Å². The Balaban J connectivity index is 1.58. The zero-order valence-corrected chi connectivity index (χ0v) is 19.6. The summed E-state index contributed by atoms with van der Waals surface area (Å²) in [4.78, 5) is 26.7. The number of thiocarbonyl (C=S) groups is 1. The van der Waals surface area contributed by atoms with Gasteiger partial charge in [-0.1, -0.05) is 49.7 Å². The molecule has 0 aliphatic carbocycles. The Morgan fingerprint density at radius 2 is 1.81 bits per heavy atom. The van der Waals surface area contributed by atoms with Crippen LogP contribution in [0.2, 0.25) is 5.02 Å². The summed E-state index contributed by atoms with van der Waals surface area (Å²) in [5.74, 6) is -0.0178. The highest BCUT2D eigenvalue weighted by atomic mass is 35.5. The molecule has 32 heavy (non-hydrogen) atoms. The summed E-state index contributed by atoms with van der Waals surface area (Å²) >= 11 is 11.5. The maximum atomic E-state index is 12.7. The van der Waals surface area contributed by atoms with Gasteiger partial charge in [0.05, 0.1) is 23.9 Å². The fourth-order valence-corrected chi connectivity index (χ4v) is 3.55. The third-order valence-electron chi connectivity index (χ3n) is 5.03. The van der Waals surface area contributed by atoms with Gasteiger partial charge in [0.15, 0.2) is 5.11 Å². The number of hydrogen-bond donors (Lipinski definition) is 2. The van der Waals surface area contributed by atoms with E-state index in [1.54, 1.807) is 29.2 Å². The highest BCUT2D eigenvalue weighted by Gasteiger charge is 2.19. The van der Waals surface area contributed by atoms with E-state index in [4.69, 9.17) is 28.6 Å². The van der Waals surface area contributed by atoms with Crippen molar-refractivity contribution in [3.8, 4) is 0 Å². The van der Waals surface area contributed by atoms with Crippen LogP contribution in [0.25, 0.3) is 6.08 Å². The largest absolute Gasteiger partial charge is 0.378 e. The summed E-state index contributed by atoms with van der Waals surface area (Å²) in [7, 11) is 0. The molecule has 0 bridgehead atoms. The predicted octanol–water partition coefficient (Wildman–Crippen LogP) is 4.46. The van der Waals surface area contributed by atoms with E-state index in [2.05, 4.69) is 24.5 Å². The molecule has 1 fully saturated rings. The molecule has 0 unspecified atom stereocenters. The fourth-order valence-electron chi connectivity index (χ4n) is 3.17. The third-order valence-corrected chi connectivity index (χ3v) is 5.56.